The molecule has 0 aliphatic heterocycles. The number of carbonyl (C=O) groups is 2. The van der Waals surface area contributed by atoms with Gasteiger partial charge in [-0.1, -0.05) is 6.08 Å². The van der Waals surface area contributed by atoms with Gasteiger partial charge in [0.2, 0.25) is 0 Å². The zero-order valence-corrected chi connectivity index (χ0v) is 8.83. The smallest absolute Gasteiger partial charge is 0.334 e. The summed E-state index contributed by atoms with van der Waals surface area (Å²) in [5.74, 6) is -0.864. The van der Waals surface area contributed by atoms with Crippen LogP contribution in [0.1, 0.15) is 27.2 Å². The van der Waals surface area contributed by atoms with Crippen LogP contribution >= 0.6 is 0 Å². The van der Waals surface area contributed by atoms with E-state index >= 15 is 0 Å². The van der Waals surface area contributed by atoms with Crippen LogP contribution in [-0.4, -0.2) is 25.2 Å². The van der Waals surface area contributed by atoms with E-state index in [0.717, 1.165) is 0 Å². The van der Waals surface area contributed by atoms with Gasteiger partial charge in [0.05, 0.1) is 19.6 Å². The molecular weight excluding hydrogens is 184 g/mol. The molecule has 14 heavy (non-hydrogen) atoms. The van der Waals surface area contributed by atoms with Crippen LogP contribution in [0.15, 0.2) is 11.6 Å². The molecule has 0 aliphatic rings. The highest BCUT2D eigenvalue weighted by Gasteiger charge is 2.14. The molecule has 0 fully saturated rings. The van der Waals surface area contributed by atoms with Gasteiger partial charge in [-0.25, -0.2) is 4.79 Å². The number of carbonyl (C=O) groups excluding carboxylic acids is 2. The molecule has 0 saturated carbocycles. The van der Waals surface area contributed by atoms with Gasteiger partial charge in [-0.2, -0.15) is 0 Å². The molecule has 0 N–H and O–H groups in total. The van der Waals surface area contributed by atoms with Crippen LogP contribution in [0.2, 0.25) is 0 Å². The summed E-state index contributed by atoms with van der Waals surface area (Å²) in [7, 11) is 0. The Hall–Kier alpha value is -1.32. The SMILES string of the molecule is CC=C(CC(=O)OCC)C(=O)OCC. The Morgan fingerprint density at radius 2 is 1.71 bits per heavy atom. The third kappa shape index (κ3) is 4.64. The number of hydrogen-bond donors (Lipinski definition) is 0. The molecule has 4 heteroatoms. The fourth-order valence-electron chi connectivity index (χ4n) is 0.883. The molecular formula is C10H16O4. The summed E-state index contributed by atoms with van der Waals surface area (Å²) in [6.07, 6.45) is 1.54. The largest absolute Gasteiger partial charge is 0.466 e. The quantitative estimate of drug-likeness (QED) is 0.498. The summed E-state index contributed by atoms with van der Waals surface area (Å²) in [5.41, 5.74) is 0.338. The molecule has 0 spiro atoms. The Bertz CT molecular complexity index is 230. The van der Waals surface area contributed by atoms with Crippen LogP contribution in [0, 0.1) is 0 Å². The summed E-state index contributed by atoms with van der Waals surface area (Å²) in [5, 5.41) is 0. The molecule has 0 amide bonds. The van der Waals surface area contributed by atoms with Crippen LogP contribution in [0.25, 0.3) is 0 Å². The Kier molecular flexibility index (Phi) is 6.45. The van der Waals surface area contributed by atoms with Gasteiger partial charge in [0.25, 0.3) is 0 Å². The van der Waals surface area contributed by atoms with Crippen molar-refractivity contribution in [1.82, 2.24) is 0 Å². The predicted octanol–water partition coefficient (Wildman–Crippen LogP) is 1.45. The van der Waals surface area contributed by atoms with Gasteiger partial charge in [0.15, 0.2) is 0 Å². The van der Waals surface area contributed by atoms with Crippen molar-refractivity contribution < 1.29 is 19.1 Å². The molecule has 0 radical (unpaired) electrons. The molecule has 0 unspecified atom stereocenters. The van der Waals surface area contributed by atoms with E-state index in [2.05, 4.69) is 0 Å². The van der Waals surface area contributed by atoms with Crippen molar-refractivity contribution >= 4 is 11.9 Å². The van der Waals surface area contributed by atoms with Crippen LogP contribution in [0.3, 0.4) is 0 Å². The zero-order chi connectivity index (χ0) is 11.0. The van der Waals surface area contributed by atoms with Gasteiger partial charge in [-0.05, 0) is 20.8 Å². The Morgan fingerprint density at radius 3 is 2.14 bits per heavy atom. The number of hydrogen-bond acceptors (Lipinski definition) is 4. The molecule has 0 bridgehead atoms. The van der Waals surface area contributed by atoms with Gasteiger partial charge in [0.1, 0.15) is 0 Å². The maximum atomic E-state index is 11.2. The predicted molar refractivity (Wildman–Crippen MR) is 51.6 cm³/mol. The van der Waals surface area contributed by atoms with Crippen LogP contribution in [0.5, 0.6) is 0 Å². The standard InChI is InChI=1S/C10H16O4/c1-4-8(10(12)14-6-3)7-9(11)13-5-2/h4H,5-7H2,1-3H3. The second-order valence-corrected chi connectivity index (χ2v) is 2.52. The summed E-state index contributed by atoms with van der Waals surface area (Å²) in [6.45, 7) is 5.75. The van der Waals surface area contributed by atoms with Gasteiger partial charge >= 0.3 is 11.9 Å². The Balaban J connectivity index is 4.17. The fourth-order valence-corrected chi connectivity index (χ4v) is 0.883. The highest BCUT2D eigenvalue weighted by atomic mass is 16.5. The Labute approximate surface area is 83.9 Å². The molecule has 0 aromatic rings. The second-order valence-electron chi connectivity index (χ2n) is 2.52. The van der Waals surface area contributed by atoms with Crippen molar-refractivity contribution in [1.29, 1.82) is 0 Å². The van der Waals surface area contributed by atoms with E-state index in [1.165, 1.54) is 0 Å². The number of esters is 2. The highest BCUT2D eigenvalue weighted by Crippen LogP contribution is 2.05. The summed E-state index contributed by atoms with van der Waals surface area (Å²) >= 11 is 0. The molecule has 0 saturated heterocycles. The minimum atomic E-state index is -0.456. The molecule has 80 valence electrons. The third-order valence-corrected chi connectivity index (χ3v) is 1.53. The minimum Gasteiger partial charge on any atom is -0.466 e. The third-order valence-electron chi connectivity index (χ3n) is 1.53. The van der Waals surface area contributed by atoms with Crippen molar-refractivity contribution in [3.63, 3.8) is 0 Å². The van der Waals surface area contributed by atoms with E-state index in [9.17, 15) is 9.59 Å². The molecule has 0 rings (SSSR count). The average Bonchev–Trinajstić information content (AvgIpc) is 2.15. The molecule has 0 atom stereocenters. The van der Waals surface area contributed by atoms with E-state index in [1.807, 2.05) is 0 Å². The van der Waals surface area contributed by atoms with E-state index in [4.69, 9.17) is 9.47 Å². The van der Waals surface area contributed by atoms with Gasteiger partial charge in [-0.15, -0.1) is 0 Å². The van der Waals surface area contributed by atoms with Crippen molar-refractivity contribution in [2.75, 3.05) is 13.2 Å². The van der Waals surface area contributed by atoms with Gasteiger partial charge < -0.3 is 9.47 Å². The lowest BCUT2D eigenvalue weighted by Crippen LogP contribution is -2.13. The van der Waals surface area contributed by atoms with E-state index in [1.54, 1.807) is 26.8 Å². The van der Waals surface area contributed by atoms with Gasteiger partial charge in [-0.3, -0.25) is 4.79 Å². The lowest BCUT2D eigenvalue weighted by atomic mass is 10.2. The van der Waals surface area contributed by atoms with E-state index in [0.29, 0.717) is 18.8 Å². The van der Waals surface area contributed by atoms with E-state index in [-0.39, 0.29) is 6.42 Å². The van der Waals surface area contributed by atoms with Crippen LogP contribution in [0.4, 0.5) is 0 Å². The van der Waals surface area contributed by atoms with Crippen molar-refractivity contribution in [2.24, 2.45) is 0 Å². The van der Waals surface area contributed by atoms with Crippen LogP contribution in [-0.2, 0) is 19.1 Å². The topological polar surface area (TPSA) is 52.6 Å². The summed E-state index contributed by atoms with van der Waals surface area (Å²) < 4.78 is 9.47. The molecule has 0 aliphatic carbocycles. The molecule has 4 nitrogen and oxygen atoms in total. The number of allylic oxidation sites excluding steroid dienone is 1. The van der Waals surface area contributed by atoms with Crippen molar-refractivity contribution in [3.8, 4) is 0 Å². The van der Waals surface area contributed by atoms with Crippen molar-refractivity contribution in [3.05, 3.63) is 11.6 Å². The fraction of sp³-hybridized carbons (Fsp3) is 0.600. The van der Waals surface area contributed by atoms with Gasteiger partial charge in [0, 0.05) is 5.57 Å². The maximum Gasteiger partial charge on any atom is 0.334 e. The first-order valence-electron chi connectivity index (χ1n) is 4.63. The lowest BCUT2D eigenvalue weighted by molar-refractivity contribution is -0.145. The molecule has 0 aromatic heterocycles. The zero-order valence-electron chi connectivity index (χ0n) is 8.83. The van der Waals surface area contributed by atoms with Crippen LogP contribution < -0.4 is 0 Å². The van der Waals surface area contributed by atoms with E-state index < -0.39 is 11.9 Å². The number of ether oxygens (including phenoxy) is 2. The van der Waals surface area contributed by atoms with Crippen molar-refractivity contribution in [2.45, 2.75) is 27.2 Å². The number of rotatable bonds is 5. The molecule has 0 aromatic carbocycles. The average molecular weight is 200 g/mol. The molecule has 0 heterocycles. The first-order chi connectivity index (χ1) is 6.65. The normalized spacial score (nSPS) is 10.9. The monoisotopic (exact) mass is 200 g/mol. The summed E-state index contributed by atoms with van der Waals surface area (Å²) in [4.78, 5) is 22.3. The summed E-state index contributed by atoms with van der Waals surface area (Å²) in [6, 6.07) is 0. The Morgan fingerprint density at radius 1 is 1.14 bits per heavy atom. The minimum absolute atomic E-state index is 0.0246. The first-order valence-corrected chi connectivity index (χ1v) is 4.63. The maximum absolute atomic E-state index is 11.2. The highest BCUT2D eigenvalue weighted by molar-refractivity contribution is 5.93. The second kappa shape index (κ2) is 7.12. The first kappa shape index (κ1) is 12.7. The lowest BCUT2D eigenvalue weighted by Gasteiger charge is -2.05.